The molecule has 6 nitrogen and oxygen atoms in total. The van der Waals surface area contributed by atoms with Crippen molar-refractivity contribution in [3.05, 3.63) is 23.9 Å². The molecule has 1 aliphatic heterocycles. The second-order valence-electron chi connectivity index (χ2n) is 6.08. The number of amides is 1. The van der Waals surface area contributed by atoms with Gasteiger partial charge >= 0.3 is 0 Å². The normalized spacial score (nSPS) is 25.5. The van der Waals surface area contributed by atoms with Crippen LogP contribution in [-0.4, -0.2) is 42.9 Å². The number of nitrogens with two attached hydrogens (primary N) is 1. The van der Waals surface area contributed by atoms with Crippen molar-refractivity contribution in [1.82, 2.24) is 10.3 Å². The smallest absolute Gasteiger partial charge is 0.253 e. The van der Waals surface area contributed by atoms with Crippen LogP contribution < -0.4 is 11.1 Å². The molecule has 1 saturated heterocycles. The predicted octanol–water partition coefficient (Wildman–Crippen LogP) is 1.37. The van der Waals surface area contributed by atoms with Gasteiger partial charge in [-0.2, -0.15) is 0 Å². The summed E-state index contributed by atoms with van der Waals surface area (Å²) < 4.78 is 11.5. The lowest BCUT2D eigenvalue weighted by atomic mass is 9.86. The van der Waals surface area contributed by atoms with E-state index in [1.165, 1.54) is 25.5 Å². The number of nitrogen functional groups attached to an aromatic ring is 1. The van der Waals surface area contributed by atoms with E-state index in [9.17, 15) is 4.79 Å². The Morgan fingerprint density at radius 3 is 2.95 bits per heavy atom. The number of pyridine rings is 1. The first-order valence-electron chi connectivity index (χ1n) is 7.94. The molecule has 1 saturated carbocycles. The fourth-order valence-electron chi connectivity index (χ4n) is 2.76. The van der Waals surface area contributed by atoms with Gasteiger partial charge in [-0.1, -0.05) is 6.42 Å². The molecule has 3 rings (SSSR count). The van der Waals surface area contributed by atoms with Crippen LogP contribution in [0.3, 0.4) is 0 Å². The van der Waals surface area contributed by atoms with E-state index in [0.717, 1.165) is 13.0 Å². The minimum Gasteiger partial charge on any atom is -0.384 e. The highest BCUT2D eigenvalue weighted by molar-refractivity contribution is 5.94. The van der Waals surface area contributed by atoms with Gasteiger partial charge in [-0.05, 0) is 37.3 Å². The Morgan fingerprint density at radius 2 is 2.27 bits per heavy atom. The maximum atomic E-state index is 12.3. The van der Waals surface area contributed by atoms with Gasteiger partial charge in [0.05, 0.1) is 24.3 Å². The SMILES string of the molecule is Nc1ccc(C(=O)N[C@@H]2COCC[C@@H]2OCC2CCC2)cn1. The van der Waals surface area contributed by atoms with Crippen molar-refractivity contribution in [2.24, 2.45) is 5.92 Å². The molecule has 2 atom stereocenters. The van der Waals surface area contributed by atoms with Gasteiger partial charge in [0.15, 0.2) is 0 Å². The highest BCUT2D eigenvalue weighted by atomic mass is 16.5. The number of rotatable bonds is 5. The maximum Gasteiger partial charge on any atom is 0.253 e. The summed E-state index contributed by atoms with van der Waals surface area (Å²) in [5.74, 6) is 0.931. The molecular formula is C16H23N3O3. The number of ether oxygens (including phenoxy) is 2. The second kappa shape index (κ2) is 7.07. The molecule has 22 heavy (non-hydrogen) atoms. The van der Waals surface area contributed by atoms with E-state index in [-0.39, 0.29) is 18.1 Å². The Morgan fingerprint density at radius 1 is 1.41 bits per heavy atom. The van der Waals surface area contributed by atoms with E-state index in [1.54, 1.807) is 12.1 Å². The van der Waals surface area contributed by atoms with Crippen molar-refractivity contribution in [2.75, 3.05) is 25.6 Å². The molecular weight excluding hydrogens is 282 g/mol. The van der Waals surface area contributed by atoms with Crippen LogP contribution in [-0.2, 0) is 9.47 Å². The Balaban J connectivity index is 1.55. The molecule has 0 aromatic carbocycles. The van der Waals surface area contributed by atoms with Crippen molar-refractivity contribution in [3.8, 4) is 0 Å². The molecule has 6 heteroatoms. The number of hydrogen-bond donors (Lipinski definition) is 2. The van der Waals surface area contributed by atoms with Gasteiger partial charge < -0.3 is 20.5 Å². The molecule has 3 N–H and O–H groups in total. The minimum absolute atomic E-state index is 0.0278. The molecule has 2 fully saturated rings. The molecule has 2 heterocycles. The van der Waals surface area contributed by atoms with Crippen molar-refractivity contribution < 1.29 is 14.3 Å². The molecule has 0 radical (unpaired) electrons. The quantitative estimate of drug-likeness (QED) is 0.858. The molecule has 1 aliphatic carbocycles. The zero-order valence-electron chi connectivity index (χ0n) is 12.7. The van der Waals surface area contributed by atoms with Crippen LogP contribution in [0.25, 0.3) is 0 Å². The Hall–Kier alpha value is -1.66. The molecule has 0 unspecified atom stereocenters. The summed E-state index contributed by atoms with van der Waals surface area (Å²) in [5.41, 5.74) is 6.03. The van der Waals surface area contributed by atoms with Gasteiger partial charge in [-0.15, -0.1) is 0 Å². The monoisotopic (exact) mass is 305 g/mol. The molecule has 1 aromatic rings. The lowest BCUT2D eigenvalue weighted by molar-refractivity contribution is -0.0696. The van der Waals surface area contributed by atoms with Crippen LogP contribution in [0.1, 0.15) is 36.0 Å². The van der Waals surface area contributed by atoms with Gasteiger partial charge in [0.1, 0.15) is 5.82 Å². The molecule has 1 amide bonds. The Bertz CT molecular complexity index is 502. The van der Waals surface area contributed by atoms with Gasteiger partial charge in [0.2, 0.25) is 0 Å². The Labute approximate surface area is 130 Å². The molecule has 2 aliphatic rings. The first kappa shape index (κ1) is 15.2. The van der Waals surface area contributed by atoms with Crippen LogP contribution in [0.5, 0.6) is 0 Å². The summed E-state index contributed by atoms with van der Waals surface area (Å²) in [7, 11) is 0. The van der Waals surface area contributed by atoms with Gasteiger partial charge in [-0.25, -0.2) is 4.98 Å². The van der Waals surface area contributed by atoms with E-state index in [1.807, 2.05) is 0 Å². The fourth-order valence-corrected chi connectivity index (χ4v) is 2.76. The number of nitrogens with one attached hydrogen (secondary N) is 1. The summed E-state index contributed by atoms with van der Waals surface area (Å²) in [6, 6.07) is 3.18. The third kappa shape index (κ3) is 3.75. The van der Waals surface area contributed by atoms with Gasteiger partial charge in [0.25, 0.3) is 5.91 Å². The van der Waals surface area contributed by atoms with Crippen LogP contribution in [0.2, 0.25) is 0 Å². The van der Waals surface area contributed by atoms with E-state index >= 15 is 0 Å². The average Bonchev–Trinajstić information content (AvgIpc) is 2.48. The number of nitrogens with zero attached hydrogens (tertiary/aromatic N) is 1. The third-order valence-electron chi connectivity index (χ3n) is 4.43. The lowest BCUT2D eigenvalue weighted by Gasteiger charge is -2.34. The van der Waals surface area contributed by atoms with Crippen LogP contribution in [0, 0.1) is 5.92 Å². The number of carbonyl (C=O) groups is 1. The summed E-state index contributed by atoms with van der Waals surface area (Å²) in [6.45, 7) is 1.97. The van der Waals surface area contributed by atoms with Crippen LogP contribution in [0.4, 0.5) is 5.82 Å². The van der Waals surface area contributed by atoms with Crippen molar-refractivity contribution >= 4 is 11.7 Å². The van der Waals surface area contributed by atoms with Gasteiger partial charge in [0, 0.05) is 19.4 Å². The van der Waals surface area contributed by atoms with Crippen LogP contribution in [0.15, 0.2) is 18.3 Å². The number of anilines is 1. The number of hydrogen-bond acceptors (Lipinski definition) is 5. The molecule has 0 bridgehead atoms. The zero-order chi connectivity index (χ0) is 15.4. The fraction of sp³-hybridized carbons (Fsp3) is 0.625. The van der Waals surface area contributed by atoms with Crippen molar-refractivity contribution in [1.29, 1.82) is 0 Å². The van der Waals surface area contributed by atoms with Crippen LogP contribution >= 0.6 is 0 Å². The van der Waals surface area contributed by atoms with E-state index in [0.29, 0.717) is 30.5 Å². The summed E-state index contributed by atoms with van der Waals surface area (Å²) in [6.07, 6.45) is 6.16. The molecule has 1 aromatic heterocycles. The van der Waals surface area contributed by atoms with E-state index < -0.39 is 0 Å². The molecule has 0 spiro atoms. The Kier molecular flexibility index (Phi) is 4.90. The first-order chi connectivity index (χ1) is 10.7. The van der Waals surface area contributed by atoms with Gasteiger partial charge in [-0.3, -0.25) is 4.79 Å². The predicted molar refractivity (Wildman–Crippen MR) is 82.4 cm³/mol. The van der Waals surface area contributed by atoms with Crippen molar-refractivity contribution in [3.63, 3.8) is 0 Å². The summed E-state index contributed by atoms with van der Waals surface area (Å²) in [4.78, 5) is 16.2. The number of carbonyl (C=O) groups excluding carboxylic acids is 1. The topological polar surface area (TPSA) is 86.5 Å². The first-order valence-corrected chi connectivity index (χ1v) is 7.94. The highest BCUT2D eigenvalue weighted by Crippen LogP contribution is 2.27. The molecule has 120 valence electrons. The average molecular weight is 305 g/mol. The summed E-state index contributed by atoms with van der Waals surface area (Å²) >= 11 is 0. The lowest BCUT2D eigenvalue weighted by Crippen LogP contribution is -2.51. The minimum atomic E-state index is -0.166. The van der Waals surface area contributed by atoms with E-state index in [4.69, 9.17) is 15.2 Å². The number of aromatic nitrogens is 1. The largest absolute Gasteiger partial charge is 0.384 e. The van der Waals surface area contributed by atoms with E-state index in [2.05, 4.69) is 10.3 Å². The second-order valence-corrected chi connectivity index (χ2v) is 6.08. The summed E-state index contributed by atoms with van der Waals surface area (Å²) in [5, 5.41) is 2.99. The van der Waals surface area contributed by atoms with Crippen molar-refractivity contribution in [2.45, 2.75) is 37.8 Å². The third-order valence-corrected chi connectivity index (χ3v) is 4.43. The maximum absolute atomic E-state index is 12.3. The zero-order valence-corrected chi connectivity index (χ0v) is 12.7. The highest BCUT2D eigenvalue weighted by Gasteiger charge is 2.29. The standard InChI is InChI=1S/C16H23N3O3/c17-15-5-4-12(8-18-15)16(20)19-13-10-21-7-6-14(13)22-9-11-2-1-3-11/h4-5,8,11,13-14H,1-3,6-7,9-10H2,(H2,17,18)(H,19,20)/t13-,14+/m1/s1.